The minimum Gasteiger partial charge on any atom is -0.488 e. The Morgan fingerprint density at radius 1 is 0.423 bits per heavy atom. The third-order valence-electron chi connectivity index (χ3n) is 24.8. The molecule has 3 atom stereocenters. The summed E-state index contributed by atoms with van der Waals surface area (Å²) >= 11 is 0. The molecule has 9 aromatic rings. The number of carbonyl (C=O) groups excluding carboxylic acids is 2. The highest BCUT2D eigenvalue weighted by molar-refractivity contribution is 5.88. The van der Waals surface area contributed by atoms with Gasteiger partial charge >= 0.3 is 0 Å². The van der Waals surface area contributed by atoms with Crippen LogP contribution in [0.15, 0.2) is 164 Å². The molecule has 123 heavy (non-hydrogen) atoms. The maximum absolute atomic E-state index is 12.5. The Balaban J connectivity index is 0.000000126. The monoisotopic (exact) mass is 1660 g/mol. The third-order valence-corrected chi connectivity index (χ3v) is 24.8. The number of likely N-dealkylation sites (tertiary alicyclic amines) is 2. The quantitative estimate of drug-likeness (QED) is 0.0399. The number of aliphatic hydroxyl groups is 1. The molecular weight excluding hydrogens is 1560 g/mol. The predicted octanol–water partition coefficient (Wildman–Crippen LogP) is 8.71. The Kier molecular flexibility index (Phi) is 25.0. The minimum atomic E-state index is -1.18. The van der Waals surface area contributed by atoms with Crippen LogP contribution in [-0.2, 0) is 28.5 Å². The summed E-state index contributed by atoms with van der Waals surface area (Å²) in [5.41, 5.74) is 8.80. The van der Waals surface area contributed by atoms with Crippen molar-refractivity contribution in [3.63, 3.8) is 0 Å². The zero-order valence-electron chi connectivity index (χ0n) is 68.8. The maximum Gasteiger partial charge on any atom is 0.254 e. The number of hydrogen-bond donors (Lipinski definition) is 5. The van der Waals surface area contributed by atoms with Gasteiger partial charge in [0, 0.05) is 180 Å². The number of hydrogen-bond acceptors (Lipinski definition) is 29. The van der Waals surface area contributed by atoms with E-state index in [9.17, 15) is 30.5 Å². The summed E-state index contributed by atoms with van der Waals surface area (Å²) in [5, 5.41) is 52.9. The molecule has 10 aliphatic heterocycles. The topological polar surface area (TPSA) is 342 Å². The van der Waals surface area contributed by atoms with E-state index < -0.39 is 5.60 Å². The number of benzene rings is 6. The second kappa shape index (κ2) is 37.7. The van der Waals surface area contributed by atoms with Crippen LogP contribution < -0.4 is 50.2 Å². The van der Waals surface area contributed by atoms with Crippen molar-refractivity contribution in [2.75, 3.05) is 201 Å². The molecule has 3 aromatic heterocycles. The molecule has 11 aliphatic rings. The summed E-state index contributed by atoms with van der Waals surface area (Å²) in [6.07, 6.45) is 8.22. The number of piperazine rings is 3. The fourth-order valence-electron chi connectivity index (χ4n) is 16.9. The lowest BCUT2D eigenvalue weighted by Crippen LogP contribution is -2.56. The van der Waals surface area contributed by atoms with E-state index in [1.165, 1.54) is 17.1 Å². The second-order valence-electron chi connectivity index (χ2n) is 33.0. The zero-order valence-corrected chi connectivity index (χ0v) is 68.8. The Hall–Kier alpha value is -12.2. The van der Waals surface area contributed by atoms with Crippen LogP contribution in [0.2, 0.25) is 0 Å². The van der Waals surface area contributed by atoms with E-state index in [1.54, 1.807) is 53.8 Å². The number of aromatic nitrogens is 6. The van der Waals surface area contributed by atoms with Crippen molar-refractivity contribution in [1.82, 2.24) is 59.7 Å². The van der Waals surface area contributed by atoms with Gasteiger partial charge in [-0.3, -0.25) is 24.3 Å². The van der Waals surface area contributed by atoms with Gasteiger partial charge in [-0.25, -0.2) is 29.9 Å². The molecule has 0 radical (unpaired) electrons. The largest absolute Gasteiger partial charge is 0.488 e. The van der Waals surface area contributed by atoms with Gasteiger partial charge in [0.2, 0.25) is 5.91 Å². The van der Waals surface area contributed by atoms with Crippen molar-refractivity contribution in [3.8, 4) is 69.6 Å². The Labute approximate surface area is 715 Å². The van der Waals surface area contributed by atoms with Gasteiger partial charge in [-0.05, 0) is 171 Å². The van der Waals surface area contributed by atoms with Crippen LogP contribution in [0.3, 0.4) is 0 Å². The van der Waals surface area contributed by atoms with E-state index in [0.29, 0.717) is 151 Å². The molecule has 6 aromatic carbocycles. The third kappa shape index (κ3) is 19.7. The van der Waals surface area contributed by atoms with Crippen molar-refractivity contribution in [2.24, 2.45) is 5.92 Å². The fraction of sp³-hybridized carbons (Fsp3) is 0.424. The number of ether oxygens (including phenoxy) is 7. The predicted molar refractivity (Wildman–Crippen MR) is 463 cm³/mol. The molecule has 31 nitrogen and oxygen atoms in total. The van der Waals surface area contributed by atoms with E-state index in [4.69, 9.17) is 38.1 Å². The number of carbonyl (C=O) groups is 2. The lowest BCUT2D eigenvalue weighted by molar-refractivity contribution is -0.149. The van der Waals surface area contributed by atoms with E-state index in [2.05, 4.69) is 167 Å². The van der Waals surface area contributed by atoms with Gasteiger partial charge in [0.1, 0.15) is 76.8 Å². The highest BCUT2D eigenvalue weighted by atomic mass is 16.5. The highest BCUT2D eigenvalue weighted by Crippen LogP contribution is 2.39. The second-order valence-corrected chi connectivity index (χ2v) is 33.0. The molecule has 1 aliphatic carbocycles. The first-order valence-electron chi connectivity index (χ1n) is 42.9. The fourth-order valence-corrected chi connectivity index (χ4v) is 16.9. The van der Waals surface area contributed by atoms with Gasteiger partial charge in [0.15, 0.2) is 17.5 Å². The van der Waals surface area contributed by atoms with Gasteiger partial charge in [-0.1, -0.05) is 0 Å². The Morgan fingerprint density at radius 2 is 0.772 bits per heavy atom. The molecular formula is C92H101N21O10. The SMILES string of the molecule is N#Cc1cc(-c2nccc(Nc3ccc(N4CCN(C5COC5)CC4)cc3)n2)ccc1O[C@@H]1CCN(C(=O)C2(O)CC2)C1.N#Cc1cc(-c2nccc(Nc3ccc(N4CCN(C5COC5)CC4)cc3)n2)ccc1O[C@@H]1CCN(C(=O)C2COC2)C1.N#Cc1cc(-c2nccc(Nc3ccc(N4CCN(C5COC5)CC4)cc3)n2)ccc1O[C@@H]1CCNC1. The summed E-state index contributed by atoms with van der Waals surface area (Å²) in [5.74, 6) is 5.04. The van der Waals surface area contributed by atoms with Crippen molar-refractivity contribution in [2.45, 2.75) is 74.1 Å². The first-order chi connectivity index (χ1) is 60.3. The summed E-state index contributed by atoms with van der Waals surface area (Å²) in [6, 6.07) is 55.6. The molecule has 31 heteroatoms. The molecule has 634 valence electrons. The van der Waals surface area contributed by atoms with Crippen molar-refractivity contribution >= 4 is 63.4 Å². The lowest BCUT2D eigenvalue weighted by Gasteiger charge is -2.43. The number of nitrogens with one attached hydrogen (secondary N) is 4. The van der Waals surface area contributed by atoms with Crippen LogP contribution in [0.25, 0.3) is 34.2 Å². The summed E-state index contributed by atoms with van der Waals surface area (Å²) in [6.45, 7) is 22.6. The van der Waals surface area contributed by atoms with Gasteiger partial charge in [0.25, 0.3) is 5.91 Å². The van der Waals surface area contributed by atoms with Gasteiger partial charge in [0.05, 0.1) is 107 Å². The number of amides is 2. The van der Waals surface area contributed by atoms with Crippen LogP contribution in [-0.4, -0.2) is 284 Å². The van der Waals surface area contributed by atoms with Crippen molar-refractivity contribution in [1.29, 1.82) is 15.8 Å². The molecule has 0 bridgehead atoms. The molecule has 10 saturated heterocycles. The molecule has 11 fully saturated rings. The first kappa shape index (κ1) is 81.8. The average Bonchev–Trinajstić information content (AvgIpc) is 1.61. The Bertz CT molecular complexity index is 5320. The summed E-state index contributed by atoms with van der Waals surface area (Å²) in [7, 11) is 0. The zero-order chi connectivity index (χ0) is 83.6. The van der Waals surface area contributed by atoms with Crippen molar-refractivity contribution < 1.29 is 47.9 Å². The van der Waals surface area contributed by atoms with Crippen LogP contribution >= 0.6 is 0 Å². The molecule has 5 N–H and O–H groups in total. The summed E-state index contributed by atoms with van der Waals surface area (Å²) < 4.78 is 39.5. The van der Waals surface area contributed by atoms with Crippen molar-refractivity contribution in [3.05, 3.63) is 181 Å². The molecule has 1 saturated carbocycles. The average molecular weight is 1660 g/mol. The maximum atomic E-state index is 12.5. The number of nitrogens with zero attached hydrogens (tertiary/aromatic N) is 17. The number of rotatable bonds is 23. The molecule has 0 unspecified atom stereocenters. The van der Waals surface area contributed by atoms with Crippen LogP contribution in [0.4, 0.5) is 51.6 Å². The minimum absolute atomic E-state index is 0.0311. The van der Waals surface area contributed by atoms with Crippen LogP contribution in [0, 0.1) is 39.9 Å². The van der Waals surface area contributed by atoms with Gasteiger partial charge < -0.3 is 84.0 Å². The number of nitriles is 3. The number of anilines is 9. The van der Waals surface area contributed by atoms with Crippen LogP contribution in [0.1, 0.15) is 48.8 Å². The van der Waals surface area contributed by atoms with Gasteiger partial charge in [-0.15, -0.1) is 0 Å². The normalized spacial score (nSPS) is 21.1. The van der Waals surface area contributed by atoms with Crippen LogP contribution in [0.5, 0.6) is 17.2 Å². The van der Waals surface area contributed by atoms with E-state index in [0.717, 1.165) is 172 Å². The summed E-state index contributed by atoms with van der Waals surface area (Å²) in [4.78, 5) is 70.8. The van der Waals surface area contributed by atoms with Gasteiger partial charge in [-0.2, -0.15) is 15.8 Å². The molecule has 13 heterocycles. The Morgan fingerprint density at radius 3 is 1.09 bits per heavy atom. The lowest BCUT2D eigenvalue weighted by atomic mass is 10.1. The van der Waals surface area contributed by atoms with E-state index in [1.807, 2.05) is 47.4 Å². The highest BCUT2D eigenvalue weighted by Gasteiger charge is 2.51. The molecule has 2 amide bonds. The first-order valence-corrected chi connectivity index (χ1v) is 42.9. The smallest absolute Gasteiger partial charge is 0.254 e. The standard InChI is InChI=1S/2C32H35N7O4.C28H31N7O2/c33-18-23-17-22(1-6-28(23)43-27-8-12-39(19-27)31(40)32(41)9-10-32)30-34-11-7-29(36-30)35-24-2-4-25(5-3-24)37-13-15-38(16-14-37)26-20-42-21-26;33-16-23-15-22(1-6-29(23)43-28-8-10-39(17-28)32(40)24-18-41-19-24)31-34-9-7-30(36-31)35-25-2-4-26(5-3-25)37-11-13-38(14-12-37)27-20-42-21-27;29-16-21-15-20(1-6-26(21)37-25-7-9-30-17-25)28-31-10-8-27(33-28)32-22-2-4-23(5-3-22)34-11-13-35(14-12-34)24-18-36-19-24/h1-7,11,17,26-27,41H,8-10,12-16,19-21H2,(H,34,35,36);1-7,9,15,24,27-28H,8,10-14,17-21H2,(H,34,35,36);1-6,8,10,15,24-25,30H,7,9,11-14,17-19H2,(H,31,32,33)/t27-;28-;25-/m111/s1. The van der Waals surface area contributed by atoms with E-state index in [-0.39, 0.29) is 36.0 Å². The molecule has 20 rings (SSSR count). The van der Waals surface area contributed by atoms with E-state index >= 15 is 0 Å². The molecule has 0 spiro atoms.